The molecule has 1 aliphatic rings. The van der Waals surface area contributed by atoms with Crippen molar-refractivity contribution in [1.29, 1.82) is 0 Å². The van der Waals surface area contributed by atoms with Crippen LogP contribution in [-0.4, -0.2) is 41.0 Å². The van der Waals surface area contributed by atoms with Gasteiger partial charge in [-0.3, -0.25) is 4.79 Å². The van der Waals surface area contributed by atoms with Crippen molar-refractivity contribution in [2.45, 2.75) is 25.8 Å². The van der Waals surface area contributed by atoms with E-state index in [1.807, 2.05) is 6.92 Å². The van der Waals surface area contributed by atoms with Crippen molar-refractivity contribution in [2.24, 2.45) is 0 Å². The summed E-state index contributed by atoms with van der Waals surface area (Å²) in [7, 11) is 0. The Hall–Kier alpha value is -2.51. The van der Waals surface area contributed by atoms with Crippen LogP contribution in [0.5, 0.6) is 11.6 Å². The van der Waals surface area contributed by atoms with Gasteiger partial charge in [0, 0.05) is 37.4 Å². The van der Waals surface area contributed by atoms with Crippen molar-refractivity contribution >= 4 is 40.8 Å². The minimum absolute atomic E-state index is 0.139. The molecule has 9 heteroatoms. The van der Waals surface area contributed by atoms with Gasteiger partial charge in [0.1, 0.15) is 10.8 Å². The predicted octanol–water partition coefficient (Wildman–Crippen LogP) is 4.31. The second kappa shape index (κ2) is 9.12. The molecule has 1 aliphatic heterocycles. The van der Waals surface area contributed by atoms with Crippen LogP contribution in [0.25, 0.3) is 0 Å². The van der Waals surface area contributed by atoms with Crippen molar-refractivity contribution in [3.05, 3.63) is 46.6 Å². The number of hydrogen-bond acceptors (Lipinski definition) is 4. The minimum atomic E-state index is -0.338. The Kier molecular flexibility index (Phi) is 6.59. The van der Waals surface area contributed by atoms with Crippen molar-refractivity contribution in [3.8, 4) is 11.6 Å². The van der Waals surface area contributed by atoms with Gasteiger partial charge in [-0.1, -0.05) is 23.2 Å². The summed E-state index contributed by atoms with van der Waals surface area (Å²) in [4.78, 5) is 29.6. The van der Waals surface area contributed by atoms with Gasteiger partial charge in [0.05, 0.1) is 5.02 Å². The second-order valence-electron chi connectivity index (χ2n) is 6.51. The quantitative estimate of drug-likeness (QED) is 0.725. The van der Waals surface area contributed by atoms with Crippen LogP contribution in [0.15, 0.2) is 36.5 Å². The third kappa shape index (κ3) is 5.50. The van der Waals surface area contributed by atoms with Crippen molar-refractivity contribution in [1.82, 2.24) is 15.2 Å². The Balaban J connectivity index is 1.50. The van der Waals surface area contributed by atoms with Crippen LogP contribution < -0.4 is 15.4 Å². The highest BCUT2D eigenvalue weighted by atomic mass is 35.5. The molecule has 1 aromatic carbocycles. The van der Waals surface area contributed by atoms with E-state index >= 15 is 0 Å². The number of pyridine rings is 1. The molecular weight excluding hydrogens is 403 g/mol. The molecule has 1 atom stereocenters. The molecule has 2 heterocycles. The van der Waals surface area contributed by atoms with E-state index in [9.17, 15) is 9.59 Å². The van der Waals surface area contributed by atoms with Crippen LogP contribution in [-0.2, 0) is 4.79 Å². The summed E-state index contributed by atoms with van der Waals surface area (Å²) in [6, 6.07) is 7.84. The number of aromatic nitrogens is 1. The lowest BCUT2D eigenvalue weighted by Gasteiger charge is -2.21. The Morgan fingerprint density at radius 3 is 2.71 bits per heavy atom. The number of urea groups is 1. The number of ether oxygens (including phenoxy) is 1. The monoisotopic (exact) mass is 422 g/mol. The SMILES string of the molecule is C[C@@H](CN1CCCC1=O)NC(=O)Nc1ccc(Oc2ncc(Cl)cc2Cl)cc1. The van der Waals surface area contributed by atoms with Crippen LogP contribution in [0.4, 0.5) is 10.5 Å². The maximum Gasteiger partial charge on any atom is 0.319 e. The molecular formula is C19H20Cl2N4O3. The number of nitrogens with zero attached hydrogens (tertiary/aromatic N) is 2. The summed E-state index contributed by atoms with van der Waals surface area (Å²) >= 11 is 11.8. The highest BCUT2D eigenvalue weighted by Crippen LogP contribution is 2.29. The topological polar surface area (TPSA) is 83.6 Å². The summed E-state index contributed by atoms with van der Waals surface area (Å²) in [5.74, 6) is 0.901. The highest BCUT2D eigenvalue weighted by molar-refractivity contribution is 6.35. The maximum atomic E-state index is 12.1. The standard InChI is InChI=1S/C19H20Cl2N4O3/c1-12(11-25-8-2-3-17(25)26)23-19(27)24-14-4-6-15(7-5-14)28-18-16(21)9-13(20)10-22-18/h4-7,9-10,12H,2-3,8,11H2,1H3,(H2,23,24,27)/t12-/m0/s1. The second-order valence-corrected chi connectivity index (χ2v) is 7.35. The first-order valence-corrected chi connectivity index (χ1v) is 9.60. The van der Waals surface area contributed by atoms with E-state index in [1.54, 1.807) is 35.2 Å². The molecule has 3 amide bonds. The summed E-state index contributed by atoms with van der Waals surface area (Å²) in [5, 5.41) is 6.31. The molecule has 0 radical (unpaired) electrons. The number of likely N-dealkylation sites (tertiary alicyclic amines) is 1. The van der Waals surface area contributed by atoms with Crippen LogP contribution >= 0.6 is 23.2 Å². The summed E-state index contributed by atoms with van der Waals surface area (Å²) < 4.78 is 5.61. The first-order chi connectivity index (χ1) is 13.4. The van der Waals surface area contributed by atoms with Crippen LogP contribution in [0.2, 0.25) is 10.0 Å². The molecule has 28 heavy (non-hydrogen) atoms. The van der Waals surface area contributed by atoms with Crippen molar-refractivity contribution in [2.75, 3.05) is 18.4 Å². The fourth-order valence-electron chi connectivity index (χ4n) is 2.86. The number of carbonyl (C=O) groups excluding carboxylic acids is 2. The lowest BCUT2D eigenvalue weighted by Crippen LogP contribution is -2.44. The number of rotatable bonds is 6. The molecule has 1 saturated heterocycles. The fourth-order valence-corrected chi connectivity index (χ4v) is 3.28. The smallest absolute Gasteiger partial charge is 0.319 e. The molecule has 7 nitrogen and oxygen atoms in total. The van der Waals surface area contributed by atoms with Crippen LogP contribution in [0.3, 0.4) is 0 Å². The number of halogens is 2. The summed E-state index contributed by atoms with van der Waals surface area (Å²) in [5.41, 5.74) is 0.601. The van der Waals surface area contributed by atoms with Gasteiger partial charge in [-0.05, 0) is 43.7 Å². The largest absolute Gasteiger partial charge is 0.438 e. The van der Waals surface area contributed by atoms with Crippen LogP contribution in [0.1, 0.15) is 19.8 Å². The number of carbonyl (C=O) groups is 2. The Morgan fingerprint density at radius 1 is 1.32 bits per heavy atom. The number of benzene rings is 1. The number of anilines is 1. The average Bonchev–Trinajstić information content (AvgIpc) is 3.03. The van der Waals surface area contributed by atoms with E-state index in [1.165, 1.54) is 6.20 Å². The molecule has 2 aromatic rings. The van der Waals surface area contributed by atoms with E-state index in [2.05, 4.69) is 15.6 Å². The molecule has 3 rings (SSSR count). The van der Waals surface area contributed by atoms with Gasteiger partial charge in [-0.25, -0.2) is 9.78 Å². The zero-order valence-electron chi connectivity index (χ0n) is 15.2. The third-order valence-corrected chi connectivity index (χ3v) is 4.62. The molecule has 0 bridgehead atoms. The molecule has 1 fully saturated rings. The average molecular weight is 423 g/mol. The van der Waals surface area contributed by atoms with Crippen LogP contribution in [0, 0.1) is 0 Å². The molecule has 2 N–H and O–H groups in total. The first-order valence-electron chi connectivity index (χ1n) is 8.85. The summed E-state index contributed by atoms with van der Waals surface area (Å²) in [6.07, 6.45) is 2.91. The van der Waals surface area contributed by atoms with E-state index in [4.69, 9.17) is 27.9 Å². The first kappa shape index (κ1) is 20.2. The molecule has 0 saturated carbocycles. The maximum absolute atomic E-state index is 12.1. The van der Waals surface area contributed by atoms with Crippen molar-refractivity contribution in [3.63, 3.8) is 0 Å². The van der Waals surface area contributed by atoms with Crippen molar-refractivity contribution < 1.29 is 14.3 Å². The van der Waals surface area contributed by atoms with E-state index in [0.29, 0.717) is 34.4 Å². The normalized spacial score (nSPS) is 14.7. The summed E-state index contributed by atoms with van der Waals surface area (Å²) in [6.45, 7) is 3.12. The number of nitrogens with one attached hydrogen (secondary N) is 2. The van der Waals surface area contributed by atoms with Gasteiger partial charge in [-0.2, -0.15) is 0 Å². The van der Waals surface area contributed by atoms with Gasteiger partial charge in [0.15, 0.2) is 0 Å². The van der Waals surface area contributed by atoms with Gasteiger partial charge >= 0.3 is 6.03 Å². The van der Waals surface area contributed by atoms with Gasteiger partial charge in [0.25, 0.3) is 0 Å². The third-order valence-electron chi connectivity index (χ3n) is 4.14. The minimum Gasteiger partial charge on any atom is -0.438 e. The Bertz CT molecular complexity index is 861. The zero-order valence-corrected chi connectivity index (χ0v) is 16.8. The lowest BCUT2D eigenvalue weighted by atomic mass is 10.3. The van der Waals surface area contributed by atoms with Gasteiger partial charge in [0.2, 0.25) is 11.8 Å². The molecule has 148 valence electrons. The van der Waals surface area contributed by atoms with E-state index in [0.717, 1.165) is 13.0 Å². The number of amides is 3. The zero-order chi connectivity index (χ0) is 20.1. The fraction of sp³-hybridized carbons (Fsp3) is 0.316. The predicted molar refractivity (Wildman–Crippen MR) is 108 cm³/mol. The van der Waals surface area contributed by atoms with Gasteiger partial charge in [-0.15, -0.1) is 0 Å². The van der Waals surface area contributed by atoms with Gasteiger partial charge < -0.3 is 20.3 Å². The Labute approximate surface area is 173 Å². The molecule has 0 spiro atoms. The molecule has 1 aromatic heterocycles. The molecule has 0 aliphatic carbocycles. The highest BCUT2D eigenvalue weighted by Gasteiger charge is 2.22. The Morgan fingerprint density at radius 2 is 2.07 bits per heavy atom. The number of hydrogen-bond donors (Lipinski definition) is 2. The van der Waals surface area contributed by atoms with E-state index in [-0.39, 0.29) is 23.9 Å². The lowest BCUT2D eigenvalue weighted by molar-refractivity contribution is -0.127. The van der Waals surface area contributed by atoms with E-state index < -0.39 is 0 Å². The molecule has 0 unspecified atom stereocenters.